The summed E-state index contributed by atoms with van der Waals surface area (Å²) in [5, 5.41) is 4.09. The van der Waals surface area contributed by atoms with Gasteiger partial charge < -0.3 is 19.2 Å². The second-order valence-corrected chi connectivity index (χ2v) is 6.75. The van der Waals surface area contributed by atoms with Crippen molar-refractivity contribution in [1.82, 2.24) is 14.1 Å². The number of carbonyl (C=O) groups is 1. The molecule has 0 aliphatic heterocycles. The second-order valence-electron chi connectivity index (χ2n) is 6.75. The summed E-state index contributed by atoms with van der Waals surface area (Å²) in [4.78, 5) is 16.7. The summed E-state index contributed by atoms with van der Waals surface area (Å²) in [6.45, 7) is 2.69. The van der Waals surface area contributed by atoms with Gasteiger partial charge in [0.1, 0.15) is 24.7 Å². The molecule has 4 rings (SSSR count). The Bertz CT molecular complexity index is 1110. The average Bonchev–Trinajstić information content (AvgIpc) is 3.24. The number of benzene rings is 2. The smallest absolute Gasteiger partial charge is 0.244 e. The lowest BCUT2D eigenvalue weighted by Gasteiger charge is -2.10. The number of amides is 1. The van der Waals surface area contributed by atoms with Gasteiger partial charge in [0.25, 0.3) is 0 Å². The van der Waals surface area contributed by atoms with Gasteiger partial charge >= 0.3 is 0 Å². The number of fused-ring (bicyclic) bond motifs is 1. The molecule has 0 unspecified atom stereocenters. The Morgan fingerprint density at radius 1 is 1.14 bits per heavy atom. The molecule has 6 nitrogen and oxygen atoms in total. The highest BCUT2D eigenvalue weighted by molar-refractivity contribution is 5.92. The number of rotatable bonds is 6. The largest absolute Gasteiger partial charge is 0.486 e. The Kier molecular flexibility index (Phi) is 4.85. The van der Waals surface area contributed by atoms with Crippen LogP contribution in [0.25, 0.3) is 10.9 Å². The van der Waals surface area contributed by atoms with Gasteiger partial charge in [0, 0.05) is 36.3 Å². The lowest BCUT2D eigenvalue weighted by atomic mass is 10.2. The molecule has 2 aromatic carbocycles. The topological polar surface area (TPSA) is 61.1 Å². The molecule has 0 saturated carbocycles. The van der Waals surface area contributed by atoms with E-state index in [0.717, 1.165) is 33.9 Å². The third-order valence-corrected chi connectivity index (χ3v) is 4.75. The lowest BCUT2D eigenvalue weighted by molar-refractivity contribution is -0.116. The van der Waals surface area contributed by atoms with E-state index in [2.05, 4.69) is 22.4 Å². The third-order valence-electron chi connectivity index (χ3n) is 4.75. The van der Waals surface area contributed by atoms with E-state index >= 15 is 0 Å². The molecule has 0 fully saturated rings. The SMILES string of the molecule is Cc1cc2ccccc2n1CC(=O)Nc1ccc(OCc2nccn2C)cc1. The molecule has 4 aromatic rings. The van der Waals surface area contributed by atoms with E-state index in [4.69, 9.17) is 4.74 Å². The van der Waals surface area contributed by atoms with Crippen molar-refractivity contribution in [2.45, 2.75) is 20.1 Å². The Morgan fingerprint density at radius 2 is 1.93 bits per heavy atom. The first-order chi connectivity index (χ1) is 13.6. The van der Waals surface area contributed by atoms with E-state index in [-0.39, 0.29) is 12.5 Å². The van der Waals surface area contributed by atoms with E-state index in [9.17, 15) is 4.79 Å². The number of hydrogen-bond donors (Lipinski definition) is 1. The van der Waals surface area contributed by atoms with Crippen LogP contribution in [-0.4, -0.2) is 20.0 Å². The Labute approximate surface area is 163 Å². The number of aryl methyl sites for hydroxylation is 2. The van der Waals surface area contributed by atoms with Crippen LogP contribution in [0.3, 0.4) is 0 Å². The maximum atomic E-state index is 12.5. The van der Waals surface area contributed by atoms with Gasteiger partial charge in [0.15, 0.2) is 0 Å². The van der Waals surface area contributed by atoms with Crippen LogP contribution in [0.5, 0.6) is 5.75 Å². The Hall–Kier alpha value is -3.54. The average molecular weight is 374 g/mol. The summed E-state index contributed by atoms with van der Waals surface area (Å²) < 4.78 is 9.68. The van der Waals surface area contributed by atoms with Crippen molar-refractivity contribution in [2.24, 2.45) is 7.05 Å². The van der Waals surface area contributed by atoms with Crippen molar-refractivity contribution in [3.05, 3.63) is 78.5 Å². The van der Waals surface area contributed by atoms with Gasteiger partial charge in [-0.3, -0.25) is 4.79 Å². The van der Waals surface area contributed by atoms with Gasteiger partial charge in [0.2, 0.25) is 5.91 Å². The van der Waals surface area contributed by atoms with Crippen molar-refractivity contribution >= 4 is 22.5 Å². The monoisotopic (exact) mass is 374 g/mol. The quantitative estimate of drug-likeness (QED) is 0.557. The minimum atomic E-state index is -0.0638. The first-order valence-corrected chi connectivity index (χ1v) is 9.14. The van der Waals surface area contributed by atoms with E-state index in [0.29, 0.717) is 6.61 Å². The van der Waals surface area contributed by atoms with Crippen LogP contribution >= 0.6 is 0 Å². The number of nitrogens with one attached hydrogen (secondary N) is 1. The Morgan fingerprint density at radius 3 is 2.68 bits per heavy atom. The summed E-state index contributed by atoms with van der Waals surface area (Å²) in [7, 11) is 1.93. The predicted molar refractivity (Wildman–Crippen MR) is 109 cm³/mol. The molecule has 0 spiro atoms. The summed E-state index contributed by atoms with van der Waals surface area (Å²) in [5.41, 5.74) is 2.87. The molecule has 0 bridgehead atoms. The molecule has 2 heterocycles. The molecule has 28 heavy (non-hydrogen) atoms. The summed E-state index contributed by atoms with van der Waals surface area (Å²) in [6.07, 6.45) is 3.62. The maximum absolute atomic E-state index is 12.5. The van der Waals surface area contributed by atoms with Gasteiger partial charge in [0.05, 0.1) is 0 Å². The fourth-order valence-electron chi connectivity index (χ4n) is 3.22. The number of para-hydroxylation sites is 1. The number of anilines is 1. The third kappa shape index (κ3) is 3.76. The molecule has 0 radical (unpaired) electrons. The molecule has 0 aliphatic rings. The highest BCUT2D eigenvalue weighted by atomic mass is 16.5. The molecule has 1 amide bonds. The molecular formula is C22H22N4O2. The fraction of sp³-hybridized carbons (Fsp3) is 0.182. The number of carbonyl (C=O) groups excluding carboxylic acids is 1. The van der Waals surface area contributed by atoms with Crippen LogP contribution in [0.1, 0.15) is 11.5 Å². The van der Waals surface area contributed by atoms with Crippen LogP contribution < -0.4 is 10.1 Å². The zero-order chi connectivity index (χ0) is 19.5. The van der Waals surface area contributed by atoms with Crippen molar-refractivity contribution in [3.63, 3.8) is 0 Å². The zero-order valence-electron chi connectivity index (χ0n) is 15.9. The first-order valence-electron chi connectivity index (χ1n) is 9.14. The molecule has 0 saturated heterocycles. The number of hydrogen-bond acceptors (Lipinski definition) is 3. The summed E-state index contributed by atoms with van der Waals surface area (Å²) in [6, 6.07) is 17.5. The van der Waals surface area contributed by atoms with Crippen LogP contribution in [0, 0.1) is 6.92 Å². The minimum Gasteiger partial charge on any atom is -0.486 e. The number of imidazole rings is 1. The minimum absolute atomic E-state index is 0.0638. The van der Waals surface area contributed by atoms with E-state index in [1.807, 2.05) is 71.8 Å². The van der Waals surface area contributed by atoms with Crippen LogP contribution in [0.2, 0.25) is 0 Å². The van der Waals surface area contributed by atoms with Crippen LogP contribution in [-0.2, 0) is 25.0 Å². The van der Waals surface area contributed by atoms with Crippen molar-refractivity contribution in [1.29, 1.82) is 0 Å². The van der Waals surface area contributed by atoms with Gasteiger partial charge in [-0.1, -0.05) is 18.2 Å². The number of aromatic nitrogens is 3. The maximum Gasteiger partial charge on any atom is 0.244 e. The van der Waals surface area contributed by atoms with Crippen LogP contribution in [0.15, 0.2) is 67.0 Å². The van der Waals surface area contributed by atoms with Gasteiger partial charge in [-0.25, -0.2) is 4.98 Å². The highest BCUT2D eigenvalue weighted by Crippen LogP contribution is 2.20. The second kappa shape index (κ2) is 7.60. The molecule has 0 aliphatic carbocycles. The van der Waals surface area contributed by atoms with Crippen molar-refractivity contribution < 1.29 is 9.53 Å². The van der Waals surface area contributed by atoms with Gasteiger partial charge in [-0.15, -0.1) is 0 Å². The lowest BCUT2D eigenvalue weighted by Crippen LogP contribution is -2.19. The molecule has 2 aromatic heterocycles. The number of ether oxygens (including phenoxy) is 1. The summed E-state index contributed by atoms with van der Waals surface area (Å²) >= 11 is 0. The summed E-state index contributed by atoms with van der Waals surface area (Å²) in [5.74, 6) is 1.52. The van der Waals surface area contributed by atoms with Crippen LogP contribution in [0.4, 0.5) is 5.69 Å². The molecule has 1 N–H and O–H groups in total. The molecule has 142 valence electrons. The molecular weight excluding hydrogens is 352 g/mol. The molecule has 6 heteroatoms. The van der Waals surface area contributed by atoms with E-state index < -0.39 is 0 Å². The fourth-order valence-corrected chi connectivity index (χ4v) is 3.22. The zero-order valence-corrected chi connectivity index (χ0v) is 15.9. The van der Waals surface area contributed by atoms with E-state index in [1.165, 1.54) is 0 Å². The van der Waals surface area contributed by atoms with Crippen molar-refractivity contribution in [3.8, 4) is 5.75 Å². The normalized spacial score (nSPS) is 10.9. The first kappa shape index (κ1) is 17.9. The Balaban J connectivity index is 1.38. The highest BCUT2D eigenvalue weighted by Gasteiger charge is 2.10. The number of nitrogens with zero attached hydrogens (tertiary/aromatic N) is 3. The van der Waals surface area contributed by atoms with Gasteiger partial charge in [-0.2, -0.15) is 0 Å². The van der Waals surface area contributed by atoms with Gasteiger partial charge in [-0.05, 0) is 48.7 Å². The molecule has 0 atom stereocenters. The standard InChI is InChI=1S/C22H22N4O2/c1-16-13-17-5-3-4-6-20(17)26(16)14-22(27)24-18-7-9-19(10-8-18)28-15-21-23-11-12-25(21)2/h3-13H,14-15H2,1-2H3,(H,24,27). The van der Waals surface area contributed by atoms with E-state index in [1.54, 1.807) is 6.20 Å². The predicted octanol–water partition coefficient (Wildman–Crippen LogP) is 3.90. The van der Waals surface area contributed by atoms with Crippen molar-refractivity contribution in [2.75, 3.05) is 5.32 Å².